The number of rotatable bonds is 12. The van der Waals surface area contributed by atoms with Gasteiger partial charge in [0.25, 0.3) is 5.91 Å². The van der Waals surface area contributed by atoms with Crippen LogP contribution >= 0.6 is 0 Å². The molecule has 186 valence electrons. The van der Waals surface area contributed by atoms with Gasteiger partial charge in [0.15, 0.2) is 0 Å². The predicted molar refractivity (Wildman–Crippen MR) is 145 cm³/mol. The molecule has 36 heavy (non-hydrogen) atoms. The van der Waals surface area contributed by atoms with Gasteiger partial charge in [-0.05, 0) is 55.0 Å². The van der Waals surface area contributed by atoms with Crippen molar-refractivity contribution in [3.63, 3.8) is 0 Å². The molecule has 6 N–H and O–H groups in total. The van der Waals surface area contributed by atoms with Crippen molar-refractivity contribution in [3.05, 3.63) is 95.2 Å². The number of carbonyl (C=O) groups is 2. The number of aromatic amines is 1. The topological polar surface area (TPSA) is 120 Å². The first-order valence-corrected chi connectivity index (χ1v) is 12.3. The fraction of sp³-hybridized carbons (Fsp3) is 0.241. The van der Waals surface area contributed by atoms with Crippen molar-refractivity contribution in [2.45, 2.75) is 38.6 Å². The average molecular weight is 485 g/mol. The van der Waals surface area contributed by atoms with Crippen LogP contribution in [0.15, 0.2) is 72.9 Å². The van der Waals surface area contributed by atoms with Gasteiger partial charge in [-0.2, -0.15) is 0 Å². The molecule has 3 aromatic carbocycles. The van der Waals surface area contributed by atoms with Gasteiger partial charge in [0.05, 0.1) is 16.9 Å². The largest absolute Gasteiger partial charge is 0.480 e. The van der Waals surface area contributed by atoms with Crippen molar-refractivity contribution in [1.29, 1.82) is 0 Å². The summed E-state index contributed by atoms with van der Waals surface area (Å²) >= 11 is 0. The number of nitrogens with two attached hydrogens (primary N) is 1. The molecule has 1 heterocycles. The number of aromatic nitrogens is 1. The van der Waals surface area contributed by atoms with E-state index in [1.54, 1.807) is 6.07 Å². The molecule has 0 aliphatic heterocycles. The molecule has 0 bridgehead atoms. The molecule has 0 radical (unpaired) electrons. The minimum Gasteiger partial charge on any atom is -0.480 e. The Bertz CT molecular complexity index is 1350. The number of H-pyrrole nitrogens is 1. The van der Waals surface area contributed by atoms with E-state index in [1.807, 2.05) is 61.7 Å². The van der Waals surface area contributed by atoms with Crippen molar-refractivity contribution in [2.24, 2.45) is 5.73 Å². The molecule has 0 aliphatic carbocycles. The zero-order valence-electron chi connectivity index (χ0n) is 20.4. The van der Waals surface area contributed by atoms with Crippen LogP contribution in [0, 0.1) is 0 Å². The Morgan fingerprint density at radius 3 is 2.42 bits per heavy atom. The lowest BCUT2D eigenvalue weighted by molar-refractivity contribution is -0.137. The zero-order valence-corrected chi connectivity index (χ0v) is 20.4. The SMILES string of the molecule is CCNc1c(CCCc2ccccc2)ccc(C(N)=O)c1N[C@@H](Cc1c[nH]c2ccccc12)C(=O)O. The first-order valence-electron chi connectivity index (χ1n) is 12.3. The van der Waals surface area contributed by atoms with Crippen LogP contribution in [0.25, 0.3) is 10.9 Å². The third kappa shape index (κ3) is 5.68. The van der Waals surface area contributed by atoms with Crippen LogP contribution in [0.5, 0.6) is 0 Å². The molecule has 1 atom stereocenters. The van der Waals surface area contributed by atoms with Crippen molar-refractivity contribution in [1.82, 2.24) is 4.98 Å². The normalized spacial score (nSPS) is 11.8. The predicted octanol–water partition coefficient (Wildman–Crippen LogP) is 4.98. The second-order valence-corrected chi connectivity index (χ2v) is 8.85. The highest BCUT2D eigenvalue weighted by Gasteiger charge is 2.24. The molecule has 0 unspecified atom stereocenters. The maximum Gasteiger partial charge on any atom is 0.326 e. The molecule has 0 spiro atoms. The van der Waals surface area contributed by atoms with E-state index >= 15 is 0 Å². The summed E-state index contributed by atoms with van der Waals surface area (Å²) in [6.07, 6.45) is 4.68. The highest BCUT2D eigenvalue weighted by Crippen LogP contribution is 2.33. The minimum atomic E-state index is -1.01. The summed E-state index contributed by atoms with van der Waals surface area (Å²) < 4.78 is 0. The van der Waals surface area contributed by atoms with E-state index in [9.17, 15) is 14.7 Å². The van der Waals surface area contributed by atoms with Gasteiger partial charge in [0.2, 0.25) is 0 Å². The summed E-state index contributed by atoms with van der Waals surface area (Å²) in [6.45, 7) is 2.58. The van der Waals surface area contributed by atoms with Gasteiger partial charge < -0.3 is 26.5 Å². The number of amides is 1. The number of primary amides is 1. The summed E-state index contributed by atoms with van der Waals surface area (Å²) in [7, 11) is 0. The lowest BCUT2D eigenvalue weighted by atomic mass is 9.97. The molecule has 1 aromatic heterocycles. The van der Waals surface area contributed by atoms with Crippen LogP contribution in [-0.4, -0.2) is 34.6 Å². The average Bonchev–Trinajstić information content (AvgIpc) is 3.28. The van der Waals surface area contributed by atoms with E-state index in [4.69, 9.17) is 5.73 Å². The number of hydrogen-bond acceptors (Lipinski definition) is 4. The summed E-state index contributed by atoms with van der Waals surface area (Å²) in [5.74, 6) is -1.61. The third-order valence-electron chi connectivity index (χ3n) is 6.38. The Kier molecular flexibility index (Phi) is 7.90. The zero-order chi connectivity index (χ0) is 25.5. The second kappa shape index (κ2) is 11.4. The van der Waals surface area contributed by atoms with Crippen LogP contribution < -0.4 is 16.4 Å². The minimum absolute atomic E-state index is 0.237. The van der Waals surface area contributed by atoms with Crippen LogP contribution in [0.1, 0.15) is 40.4 Å². The Hall–Kier alpha value is -4.26. The van der Waals surface area contributed by atoms with Crippen molar-refractivity contribution >= 4 is 34.2 Å². The van der Waals surface area contributed by atoms with Gasteiger partial charge >= 0.3 is 5.97 Å². The number of aliphatic carboxylic acids is 1. The standard InChI is InChI=1S/C29H32N4O3/c1-2-31-26-20(12-8-11-19-9-4-3-5-10-19)15-16-23(28(30)34)27(26)33-25(29(35)36)17-21-18-32-24-14-7-6-13-22(21)24/h3-7,9-10,13-16,18,25,31-33H,2,8,11-12,17H2,1H3,(H2,30,34)(H,35,36)/t25-/m0/s1. The molecule has 0 saturated heterocycles. The number of carbonyl (C=O) groups excluding carboxylic acids is 1. The Balaban J connectivity index is 1.64. The number of fused-ring (bicyclic) bond motifs is 1. The number of carboxylic acid groups (broad SMARTS) is 1. The molecule has 0 saturated carbocycles. The molecular weight excluding hydrogens is 452 g/mol. The monoisotopic (exact) mass is 484 g/mol. The molecule has 7 heteroatoms. The summed E-state index contributed by atoms with van der Waals surface area (Å²) in [5.41, 5.74) is 11.2. The van der Waals surface area contributed by atoms with Gasteiger partial charge in [-0.3, -0.25) is 4.79 Å². The number of hydrogen-bond donors (Lipinski definition) is 5. The lowest BCUT2D eigenvalue weighted by Gasteiger charge is -2.23. The number of nitrogens with one attached hydrogen (secondary N) is 3. The van der Waals surface area contributed by atoms with E-state index in [-0.39, 0.29) is 12.0 Å². The quantitative estimate of drug-likeness (QED) is 0.194. The number of carboxylic acids is 1. The highest BCUT2D eigenvalue weighted by molar-refractivity contribution is 6.03. The van der Waals surface area contributed by atoms with Crippen molar-refractivity contribution in [3.8, 4) is 0 Å². The van der Waals surface area contributed by atoms with E-state index in [0.717, 1.165) is 47.0 Å². The van der Waals surface area contributed by atoms with Gasteiger partial charge in [-0.25, -0.2) is 4.79 Å². The van der Waals surface area contributed by atoms with Gasteiger partial charge in [0.1, 0.15) is 6.04 Å². The highest BCUT2D eigenvalue weighted by atomic mass is 16.4. The van der Waals surface area contributed by atoms with E-state index in [0.29, 0.717) is 12.2 Å². The maximum absolute atomic E-state index is 12.3. The van der Waals surface area contributed by atoms with E-state index in [2.05, 4.69) is 27.8 Å². The Morgan fingerprint density at radius 1 is 0.944 bits per heavy atom. The first kappa shape index (κ1) is 24.9. The number of aryl methyl sites for hydroxylation is 2. The Morgan fingerprint density at radius 2 is 1.69 bits per heavy atom. The van der Waals surface area contributed by atoms with Gasteiger partial charge in [-0.1, -0.05) is 54.6 Å². The van der Waals surface area contributed by atoms with Gasteiger partial charge in [-0.15, -0.1) is 0 Å². The molecule has 0 aliphatic rings. The summed E-state index contributed by atoms with van der Waals surface area (Å²) in [5, 5.41) is 17.6. The maximum atomic E-state index is 12.3. The molecular formula is C29H32N4O3. The fourth-order valence-electron chi connectivity index (χ4n) is 4.61. The van der Waals surface area contributed by atoms with E-state index in [1.165, 1.54) is 5.56 Å². The number of para-hydroxylation sites is 1. The molecule has 7 nitrogen and oxygen atoms in total. The molecule has 1 amide bonds. The Labute approximate surface area is 210 Å². The first-order chi connectivity index (χ1) is 17.5. The summed E-state index contributed by atoms with van der Waals surface area (Å²) in [4.78, 5) is 27.9. The van der Waals surface area contributed by atoms with Crippen LogP contribution in [0.4, 0.5) is 11.4 Å². The van der Waals surface area contributed by atoms with Crippen LogP contribution in [0.3, 0.4) is 0 Å². The van der Waals surface area contributed by atoms with Gasteiger partial charge in [0, 0.05) is 30.1 Å². The van der Waals surface area contributed by atoms with E-state index < -0.39 is 17.9 Å². The lowest BCUT2D eigenvalue weighted by Crippen LogP contribution is -2.33. The second-order valence-electron chi connectivity index (χ2n) is 8.85. The van der Waals surface area contributed by atoms with Crippen LogP contribution in [0.2, 0.25) is 0 Å². The van der Waals surface area contributed by atoms with Crippen molar-refractivity contribution in [2.75, 3.05) is 17.2 Å². The molecule has 4 rings (SSSR count). The summed E-state index contributed by atoms with van der Waals surface area (Å²) in [6, 6.07) is 20.7. The molecule has 4 aromatic rings. The third-order valence-corrected chi connectivity index (χ3v) is 6.38. The van der Waals surface area contributed by atoms with Crippen molar-refractivity contribution < 1.29 is 14.7 Å². The smallest absolute Gasteiger partial charge is 0.326 e. The number of anilines is 2. The molecule has 0 fully saturated rings. The number of benzene rings is 3. The fourth-order valence-corrected chi connectivity index (χ4v) is 4.61. The van der Waals surface area contributed by atoms with Crippen LogP contribution in [-0.2, 0) is 24.1 Å².